The molecule has 0 fully saturated rings. The molecule has 0 aliphatic carbocycles. The highest BCUT2D eigenvalue weighted by Gasteiger charge is 2.49. The van der Waals surface area contributed by atoms with Crippen LogP contribution < -0.4 is 0 Å². The molecule has 1 aliphatic heterocycles. The van der Waals surface area contributed by atoms with Crippen molar-refractivity contribution in [3.05, 3.63) is 24.3 Å². The highest BCUT2D eigenvalue weighted by molar-refractivity contribution is 7.87. The van der Waals surface area contributed by atoms with Crippen molar-refractivity contribution < 1.29 is 30.5 Å². The molecule has 0 spiro atoms. The summed E-state index contributed by atoms with van der Waals surface area (Å²) >= 11 is 0. The van der Waals surface area contributed by atoms with E-state index in [4.69, 9.17) is 4.74 Å². The van der Waals surface area contributed by atoms with Gasteiger partial charge in [-0.1, -0.05) is 6.58 Å². The van der Waals surface area contributed by atoms with Crippen LogP contribution in [0.15, 0.2) is 29.3 Å². The Morgan fingerprint density at radius 3 is 2.47 bits per heavy atom. The average Bonchev–Trinajstić information content (AvgIpc) is 2.23. The predicted molar refractivity (Wildman–Crippen MR) is 61.6 cm³/mol. The Bertz CT molecular complexity index is 533. The average molecular weight is 299 g/mol. The number of aliphatic imine (C=N–C) groups is 1. The van der Waals surface area contributed by atoms with Gasteiger partial charge in [-0.05, 0) is 13.8 Å². The van der Waals surface area contributed by atoms with Crippen LogP contribution in [0.5, 0.6) is 0 Å². The van der Waals surface area contributed by atoms with Gasteiger partial charge in [-0.3, -0.25) is 4.18 Å². The molecule has 0 bridgehead atoms. The first-order valence-electron chi connectivity index (χ1n) is 5.10. The minimum absolute atomic E-state index is 0.0128. The first-order valence-corrected chi connectivity index (χ1v) is 6.51. The summed E-state index contributed by atoms with van der Waals surface area (Å²) in [5.41, 5.74) is -4.92. The van der Waals surface area contributed by atoms with Crippen molar-refractivity contribution in [3.63, 3.8) is 0 Å². The van der Waals surface area contributed by atoms with Crippen LogP contribution >= 0.6 is 0 Å². The molecule has 9 heteroatoms. The largest absolute Gasteiger partial charge is 0.523 e. The Hall–Kier alpha value is -1.35. The van der Waals surface area contributed by atoms with E-state index >= 15 is 0 Å². The molecule has 1 atom stereocenters. The van der Waals surface area contributed by atoms with Crippen LogP contribution in [0.2, 0.25) is 0 Å². The van der Waals surface area contributed by atoms with Crippen molar-refractivity contribution >= 4 is 15.8 Å². The standard InChI is InChI=1S/C10H12F3NO4S/c1-4-17-9-7(3)8(5-6(2)14-9)18-19(15,16)10(11,12)13/h4,8H,1,5H2,2-3H3. The molecule has 0 amide bonds. The second-order valence-electron chi connectivity index (χ2n) is 3.81. The van der Waals surface area contributed by atoms with Gasteiger partial charge in [0.1, 0.15) is 6.10 Å². The number of halogens is 3. The predicted octanol–water partition coefficient (Wildman–Crippen LogP) is 2.48. The Morgan fingerprint density at radius 1 is 1.42 bits per heavy atom. The van der Waals surface area contributed by atoms with Gasteiger partial charge < -0.3 is 4.74 Å². The summed E-state index contributed by atoms with van der Waals surface area (Å²) in [6.07, 6.45) is -0.319. The molecular weight excluding hydrogens is 287 g/mol. The monoisotopic (exact) mass is 299 g/mol. The zero-order valence-corrected chi connectivity index (χ0v) is 11.0. The van der Waals surface area contributed by atoms with Crippen molar-refractivity contribution in [2.24, 2.45) is 4.99 Å². The van der Waals surface area contributed by atoms with Crippen LogP contribution in [0.1, 0.15) is 20.3 Å². The zero-order valence-electron chi connectivity index (χ0n) is 10.2. The van der Waals surface area contributed by atoms with Crippen LogP contribution in [0.4, 0.5) is 13.2 Å². The van der Waals surface area contributed by atoms with Crippen LogP contribution in [-0.4, -0.2) is 25.7 Å². The fourth-order valence-electron chi connectivity index (χ4n) is 1.38. The topological polar surface area (TPSA) is 65.0 Å². The lowest BCUT2D eigenvalue weighted by Gasteiger charge is -2.23. The molecule has 5 nitrogen and oxygen atoms in total. The van der Waals surface area contributed by atoms with Crippen LogP contribution in [-0.2, 0) is 19.0 Å². The van der Waals surface area contributed by atoms with Crippen LogP contribution in [0.3, 0.4) is 0 Å². The van der Waals surface area contributed by atoms with Gasteiger partial charge in [0.25, 0.3) is 0 Å². The lowest BCUT2D eigenvalue weighted by Crippen LogP contribution is -2.33. The second kappa shape index (κ2) is 5.33. The van der Waals surface area contributed by atoms with E-state index in [-0.39, 0.29) is 17.9 Å². The summed E-state index contributed by atoms with van der Waals surface area (Å²) in [6, 6.07) is 0. The van der Waals surface area contributed by atoms with E-state index in [0.29, 0.717) is 5.71 Å². The van der Waals surface area contributed by atoms with Crippen molar-refractivity contribution in [3.8, 4) is 0 Å². The first-order chi connectivity index (χ1) is 8.58. The SMILES string of the molecule is C=COC1=C(C)C(OS(=O)(=O)C(F)(F)F)CC(C)=N1. The first kappa shape index (κ1) is 15.7. The summed E-state index contributed by atoms with van der Waals surface area (Å²) in [5.74, 6) is -0.0128. The van der Waals surface area contributed by atoms with E-state index in [0.717, 1.165) is 6.26 Å². The number of alkyl halides is 3. The highest BCUT2D eigenvalue weighted by atomic mass is 32.2. The minimum atomic E-state index is -5.66. The van der Waals surface area contributed by atoms with Crippen molar-refractivity contribution in [2.75, 3.05) is 0 Å². The van der Waals surface area contributed by atoms with Gasteiger partial charge in [-0.2, -0.15) is 21.6 Å². The molecule has 0 aromatic rings. The molecule has 19 heavy (non-hydrogen) atoms. The van der Waals surface area contributed by atoms with Gasteiger partial charge in [0.15, 0.2) is 0 Å². The summed E-state index contributed by atoms with van der Waals surface area (Å²) in [6.45, 7) is 6.19. The van der Waals surface area contributed by atoms with Gasteiger partial charge in [-0.15, -0.1) is 0 Å². The lowest BCUT2D eigenvalue weighted by molar-refractivity contribution is -0.0562. The Morgan fingerprint density at radius 2 is 2.00 bits per heavy atom. The van der Waals surface area contributed by atoms with E-state index in [1.807, 2.05) is 0 Å². The minimum Gasteiger partial charge on any atom is -0.447 e. The Kier molecular flexibility index (Phi) is 4.41. The van der Waals surface area contributed by atoms with E-state index in [2.05, 4.69) is 15.8 Å². The normalized spacial score (nSPS) is 21.1. The van der Waals surface area contributed by atoms with Gasteiger partial charge >= 0.3 is 15.6 Å². The van der Waals surface area contributed by atoms with Crippen LogP contribution in [0, 0.1) is 0 Å². The third-order valence-electron chi connectivity index (χ3n) is 2.31. The molecule has 0 radical (unpaired) electrons. The fourth-order valence-corrected chi connectivity index (χ4v) is 2.01. The van der Waals surface area contributed by atoms with Gasteiger partial charge in [-0.25, -0.2) is 4.99 Å². The van der Waals surface area contributed by atoms with E-state index in [1.165, 1.54) is 13.8 Å². The van der Waals surface area contributed by atoms with Gasteiger partial charge in [0.2, 0.25) is 5.88 Å². The quantitative estimate of drug-likeness (QED) is 0.454. The second-order valence-corrected chi connectivity index (χ2v) is 5.37. The Balaban J connectivity index is 3.04. The zero-order chi connectivity index (χ0) is 14.8. The molecule has 0 saturated carbocycles. The van der Waals surface area contributed by atoms with Crippen molar-refractivity contribution in [1.82, 2.24) is 0 Å². The molecule has 0 N–H and O–H groups in total. The van der Waals surface area contributed by atoms with Crippen molar-refractivity contribution in [1.29, 1.82) is 0 Å². The van der Waals surface area contributed by atoms with Crippen molar-refractivity contribution in [2.45, 2.75) is 31.9 Å². The number of nitrogens with zero attached hydrogens (tertiary/aromatic N) is 1. The van der Waals surface area contributed by atoms with E-state index in [9.17, 15) is 21.6 Å². The fraction of sp³-hybridized carbons (Fsp3) is 0.500. The number of hydrogen-bond donors (Lipinski definition) is 0. The summed E-state index contributed by atoms with van der Waals surface area (Å²) in [7, 11) is -5.66. The smallest absolute Gasteiger partial charge is 0.447 e. The molecule has 1 aliphatic rings. The number of hydrogen-bond acceptors (Lipinski definition) is 5. The maximum atomic E-state index is 12.3. The van der Waals surface area contributed by atoms with Gasteiger partial charge in [0, 0.05) is 17.7 Å². The maximum Gasteiger partial charge on any atom is 0.523 e. The molecule has 1 heterocycles. The Labute approximate surface area is 108 Å². The van der Waals surface area contributed by atoms with Gasteiger partial charge in [0.05, 0.1) is 6.26 Å². The summed E-state index contributed by atoms with van der Waals surface area (Å²) < 4.78 is 67.8. The van der Waals surface area contributed by atoms with Crippen LogP contribution in [0.25, 0.3) is 0 Å². The molecule has 1 unspecified atom stereocenters. The summed E-state index contributed by atoms with van der Waals surface area (Å²) in [5, 5.41) is 0. The molecule has 0 saturated heterocycles. The molecular formula is C10H12F3NO4S. The van der Waals surface area contributed by atoms with E-state index in [1.54, 1.807) is 0 Å². The maximum absolute atomic E-state index is 12.3. The molecule has 0 aromatic carbocycles. The molecule has 1 rings (SSSR count). The molecule has 0 aromatic heterocycles. The number of rotatable bonds is 4. The lowest BCUT2D eigenvalue weighted by atomic mass is 10.0. The number of ether oxygens (including phenoxy) is 1. The highest BCUT2D eigenvalue weighted by Crippen LogP contribution is 2.31. The third-order valence-corrected chi connectivity index (χ3v) is 3.37. The van der Waals surface area contributed by atoms with E-state index < -0.39 is 21.7 Å². The third kappa shape index (κ3) is 3.57. The molecule has 108 valence electrons. The summed E-state index contributed by atoms with van der Waals surface area (Å²) in [4.78, 5) is 3.94.